The van der Waals surface area contributed by atoms with Crippen molar-refractivity contribution in [2.24, 2.45) is 0 Å². The second-order valence-electron chi connectivity index (χ2n) is 4.88. The summed E-state index contributed by atoms with van der Waals surface area (Å²) in [6.07, 6.45) is 1.26. The normalized spacial score (nSPS) is 13.7. The molecule has 0 aliphatic carbocycles. The Morgan fingerprint density at radius 2 is 2.05 bits per heavy atom. The molecule has 0 radical (unpaired) electrons. The lowest BCUT2D eigenvalue weighted by Crippen LogP contribution is -2.37. The zero-order valence-electron chi connectivity index (χ0n) is 12.2. The smallest absolute Gasteiger partial charge is 0.255 e. The van der Waals surface area contributed by atoms with Crippen LogP contribution in [0.25, 0.3) is 0 Å². The van der Waals surface area contributed by atoms with Crippen molar-refractivity contribution >= 4 is 17.5 Å². The first kappa shape index (κ1) is 15.5. The maximum absolute atomic E-state index is 12.2. The number of rotatable bonds is 5. The van der Waals surface area contributed by atoms with Crippen LogP contribution >= 0.6 is 11.6 Å². The highest BCUT2D eigenvalue weighted by Crippen LogP contribution is 2.22. The van der Waals surface area contributed by atoms with Crippen LogP contribution < -0.4 is 5.32 Å². The first-order valence-electron chi connectivity index (χ1n) is 6.62. The van der Waals surface area contributed by atoms with Gasteiger partial charge in [0.25, 0.3) is 5.91 Å². The molecule has 6 heteroatoms. The van der Waals surface area contributed by atoms with Gasteiger partial charge in [-0.15, -0.1) is 0 Å². The molecule has 2 atom stereocenters. The van der Waals surface area contributed by atoms with Crippen LogP contribution in [0.15, 0.2) is 30.5 Å². The lowest BCUT2D eigenvalue weighted by atomic mass is 10.0. The topological polar surface area (TPSA) is 67.0 Å². The summed E-state index contributed by atoms with van der Waals surface area (Å²) in [6.45, 7) is 3.70. The fourth-order valence-electron chi connectivity index (χ4n) is 2.22. The number of carbonyl (C=O) groups excluding carboxylic acids is 1. The molecule has 0 bridgehead atoms. The average molecular weight is 308 g/mol. The van der Waals surface area contributed by atoms with Crippen molar-refractivity contribution in [3.05, 3.63) is 52.3 Å². The third-order valence-electron chi connectivity index (χ3n) is 3.34. The fourth-order valence-corrected chi connectivity index (χ4v) is 2.35. The lowest BCUT2D eigenvalue weighted by molar-refractivity contribution is 0.0644. The summed E-state index contributed by atoms with van der Waals surface area (Å²) in [5.41, 5.74) is 2.23. The number of nitrogens with zero attached hydrogens (tertiary/aromatic N) is 1. The predicted molar refractivity (Wildman–Crippen MR) is 81.5 cm³/mol. The molecule has 2 N–H and O–H groups in total. The van der Waals surface area contributed by atoms with E-state index in [1.54, 1.807) is 26.2 Å². The van der Waals surface area contributed by atoms with Gasteiger partial charge in [0.1, 0.15) is 6.10 Å². The third-order valence-corrected chi connectivity index (χ3v) is 3.59. The molecule has 112 valence electrons. The van der Waals surface area contributed by atoms with E-state index in [0.29, 0.717) is 10.6 Å². The number of nitrogens with one attached hydrogen (secondary N) is 2. The molecule has 0 aliphatic rings. The Labute approximate surface area is 128 Å². The molecule has 1 aromatic carbocycles. The van der Waals surface area contributed by atoms with Gasteiger partial charge in [0, 0.05) is 17.8 Å². The molecule has 1 amide bonds. The minimum absolute atomic E-state index is 0.176. The summed E-state index contributed by atoms with van der Waals surface area (Å²) in [5.74, 6) is -0.176. The lowest BCUT2D eigenvalue weighted by Gasteiger charge is -2.24. The molecule has 21 heavy (non-hydrogen) atoms. The van der Waals surface area contributed by atoms with E-state index < -0.39 is 0 Å². The minimum atomic E-state index is -0.251. The molecule has 0 saturated heterocycles. The largest absolute Gasteiger partial charge is 0.375 e. The molecule has 0 saturated carbocycles. The van der Waals surface area contributed by atoms with Crippen molar-refractivity contribution in [3.8, 4) is 0 Å². The summed E-state index contributed by atoms with van der Waals surface area (Å²) >= 11 is 5.89. The Morgan fingerprint density at radius 3 is 2.57 bits per heavy atom. The van der Waals surface area contributed by atoms with E-state index in [9.17, 15) is 4.79 Å². The van der Waals surface area contributed by atoms with E-state index >= 15 is 0 Å². The van der Waals surface area contributed by atoms with Crippen molar-refractivity contribution in [3.63, 3.8) is 0 Å². The maximum Gasteiger partial charge on any atom is 0.255 e. The number of ether oxygens (including phenoxy) is 1. The molecule has 2 rings (SSSR count). The third kappa shape index (κ3) is 3.62. The Morgan fingerprint density at radius 1 is 1.38 bits per heavy atom. The molecular weight excluding hydrogens is 290 g/mol. The van der Waals surface area contributed by atoms with Gasteiger partial charge in [0.05, 0.1) is 17.8 Å². The quantitative estimate of drug-likeness (QED) is 0.892. The SMILES string of the molecule is COC(c1ccc(Cl)cc1)C(C)NC(=O)c1cn[nH]c1C. The Balaban J connectivity index is 2.10. The molecule has 2 unspecified atom stereocenters. The first-order chi connectivity index (χ1) is 10.0. The van der Waals surface area contributed by atoms with Crippen LogP contribution in [0, 0.1) is 6.92 Å². The van der Waals surface area contributed by atoms with Gasteiger partial charge in [-0.3, -0.25) is 9.89 Å². The van der Waals surface area contributed by atoms with Gasteiger partial charge < -0.3 is 10.1 Å². The van der Waals surface area contributed by atoms with Crippen LogP contribution in [0.5, 0.6) is 0 Å². The number of aromatic amines is 1. The van der Waals surface area contributed by atoms with Crippen LogP contribution in [0.2, 0.25) is 5.02 Å². The summed E-state index contributed by atoms with van der Waals surface area (Å²) in [6, 6.07) is 7.19. The van der Waals surface area contributed by atoms with E-state index in [1.807, 2.05) is 19.1 Å². The van der Waals surface area contributed by atoms with Crippen LogP contribution in [0.1, 0.15) is 34.6 Å². The highest BCUT2D eigenvalue weighted by molar-refractivity contribution is 6.30. The van der Waals surface area contributed by atoms with Crippen LogP contribution in [0.3, 0.4) is 0 Å². The first-order valence-corrected chi connectivity index (χ1v) is 6.99. The number of carbonyl (C=O) groups is 1. The van der Waals surface area contributed by atoms with Crippen molar-refractivity contribution in [1.82, 2.24) is 15.5 Å². The molecule has 5 nitrogen and oxygen atoms in total. The van der Waals surface area contributed by atoms with Crippen molar-refractivity contribution in [2.45, 2.75) is 26.0 Å². The number of aromatic nitrogens is 2. The van der Waals surface area contributed by atoms with Crippen LogP contribution in [-0.4, -0.2) is 29.3 Å². The molecule has 1 heterocycles. The van der Waals surface area contributed by atoms with E-state index in [0.717, 1.165) is 11.3 Å². The number of hydrogen-bond donors (Lipinski definition) is 2. The van der Waals surface area contributed by atoms with E-state index in [-0.39, 0.29) is 18.1 Å². The van der Waals surface area contributed by atoms with Gasteiger partial charge in [-0.25, -0.2) is 0 Å². The zero-order valence-corrected chi connectivity index (χ0v) is 12.9. The number of aryl methyl sites for hydroxylation is 1. The Kier molecular flexibility index (Phi) is 4.98. The van der Waals surface area contributed by atoms with Gasteiger partial charge in [-0.2, -0.15) is 5.10 Å². The van der Waals surface area contributed by atoms with Crippen molar-refractivity contribution in [2.75, 3.05) is 7.11 Å². The molecule has 0 spiro atoms. The molecule has 2 aromatic rings. The van der Waals surface area contributed by atoms with Crippen molar-refractivity contribution < 1.29 is 9.53 Å². The van der Waals surface area contributed by atoms with Crippen molar-refractivity contribution in [1.29, 1.82) is 0 Å². The predicted octanol–water partition coefficient (Wildman–Crippen LogP) is 2.88. The minimum Gasteiger partial charge on any atom is -0.375 e. The number of methoxy groups -OCH3 is 1. The van der Waals surface area contributed by atoms with Crippen LogP contribution in [-0.2, 0) is 4.74 Å². The molecular formula is C15H18ClN3O2. The summed E-state index contributed by atoms with van der Waals surface area (Å²) < 4.78 is 5.51. The molecule has 1 aromatic heterocycles. The van der Waals surface area contributed by atoms with Gasteiger partial charge in [-0.1, -0.05) is 23.7 Å². The monoisotopic (exact) mass is 307 g/mol. The summed E-state index contributed by atoms with van der Waals surface area (Å²) in [7, 11) is 1.62. The van der Waals surface area contributed by atoms with Gasteiger partial charge in [0.15, 0.2) is 0 Å². The number of benzene rings is 1. The maximum atomic E-state index is 12.2. The number of hydrogen-bond acceptors (Lipinski definition) is 3. The number of amides is 1. The van der Waals surface area contributed by atoms with Gasteiger partial charge in [0.2, 0.25) is 0 Å². The average Bonchev–Trinajstić information content (AvgIpc) is 2.88. The standard InChI is InChI=1S/C15H18ClN3O2/c1-9-13(8-17-19-9)15(20)18-10(2)14(21-3)11-4-6-12(16)7-5-11/h4-8,10,14H,1-3H3,(H,17,19)(H,18,20). The summed E-state index contributed by atoms with van der Waals surface area (Å²) in [4.78, 5) is 12.2. The number of H-pyrrole nitrogens is 1. The molecule has 0 aliphatic heterocycles. The number of halogens is 1. The summed E-state index contributed by atoms with van der Waals surface area (Å²) in [5, 5.41) is 10.2. The Bertz CT molecular complexity index is 610. The second-order valence-corrected chi connectivity index (χ2v) is 5.32. The Hall–Kier alpha value is -1.85. The molecule has 0 fully saturated rings. The zero-order chi connectivity index (χ0) is 15.4. The van der Waals surface area contributed by atoms with Crippen LogP contribution in [0.4, 0.5) is 0 Å². The second kappa shape index (κ2) is 6.74. The van der Waals surface area contributed by atoms with E-state index in [1.165, 1.54) is 6.20 Å². The fraction of sp³-hybridized carbons (Fsp3) is 0.333. The highest BCUT2D eigenvalue weighted by Gasteiger charge is 2.22. The van der Waals surface area contributed by atoms with E-state index in [4.69, 9.17) is 16.3 Å². The van der Waals surface area contributed by atoms with E-state index in [2.05, 4.69) is 15.5 Å². The van der Waals surface area contributed by atoms with Gasteiger partial charge in [-0.05, 0) is 31.5 Å². The highest BCUT2D eigenvalue weighted by atomic mass is 35.5. The van der Waals surface area contributed by atoms with Gasteiger partial charge >= 0.3 is 0 Å².